The van der Waals surface area contributed by atoms with Gasteiger partial charge in [0.25, 0.3) is 0 Å². The fraction of sp³-hybridized carbons (Fsp3) is 0.368. The quantitative estimate of drug-likeness (QED) is 0.734. The van der Waals surface area contributed by atoms with Crippen LogP contribution in [0.5, 0.6) is 0 Å². The first-order valence-electron chi connectivity index (χ1n) is 7.91. The van der Waals surface area contributed by atoms with E-state index < -0.39 is 5.60 Å². The molecule has 23 heavy (non-hydrogen) atoms. The molecule has 120 valence electrons. The third-order valence-corrected chi connectivity index (χ3v) is 4.12. The number of hydrogen-bond donors (Lipinski definition) is 2. The standard InChI is InChI=1S/C19H24BNO2/c1-15(16-8-10-18(20)11-9-16)21-13-12-19(22,14-23-2)17-6-4-3-5-7-17/h3-11,15,21-22H,12-14H2,1-2H3/t15-,19?/m0/s1. The Morgan fingerprint density at radius 3 is 2.39 bits per heavy atom. The molecule has 0 saturated carbocycles. The summed E-state index contributed by atoms with van der Waals surface area (Å²) in [6.07, 6.45) is 0.574. The van der Waals surface area contributed by atoms with Crippen LogP contribution < -0.4 is 10.8 Å². The Hall–Kier alpha value is -1.62. The van der Waals surface area contributed by atoms with Crippen LogP contribution in [0.2, 0.25) is 0 Å². The molecule has 0 spiro atoms. The van der Waals surface area contributed by atoms with Crippen LogP contribution in [0.15, 0.2) is 54.6 Å². The minimum absolute atomic E-state index is 0.193. The normalized spacial score (nSPS) is 15.1. The average Bonchev–Trinajstić information content (AvgIpc) is 2.56. The number of methoxy groups -OCH3 is 1. The summed E-state index contributed by atoms with van der Waals surface area (Å²) in [5.41, 5.74) is 1.83. The molecule has 0 fully saturated rings. The summed E-state index contributed by atoms with van der Waals surface area (Å²) in [5.74, 6) is 0. The largest absolute Gasteiger partial charge is 0.383 e. The van der Waals surface area contributed by atoms with Crippen molar-refractivity contribution in [2.45, 2.75) is 25.0 Å². The first-order valence-corrected chi connectivity index (χ1v) is 7.91. The maximum absolute atomic E-state index is 10.9. The van der Waals surface area contributed by atoms with Crippen LogP contribution in [0.4, 0.5) is 0 Å². The van der Waals surface area contributed by atoms with Crippen molar-refractivity contribution in [2.24, 2.45) is 0 Å². The zero-order valence-corrected chi connectivity index (χ0v) is 13.8. The van der Waals surface area contributed by atoms with Crippen molar-refractivity contribution in [3.05, 3.63) is 65.7 Å². The number of nitrogens with one attached hydrogen (secondary N) is 1. The molecular weight excluding hydrogens is 285 g/mol. The Morgan fingerprint density at radius 1 is 1.13 bits per heavy atom. The highest BCUT2D eigenvalue weighted by Crippen LogP contribution is 2.25. The fourth-order valence-corrected chi connectivity index (χ4v) is 2.69. The van der Waals surface area contributed by atoms with E-state index in [0.29, 0.717) is 13.0 Å². The van der Waals surface area contributed by atoms with Crippen molar-refractivity contribution in [1.82, 2.24) is 5.32 Å². The molecule has 2 rings (SSSR count). The molecule has 0 bridgehead atoms. The topological polar surface area (TPSA) is 41.5 Å². The summed E-state index contributed by atoms with van der Waals surface area (Å²) < 4.78 is 5.23. The molecular formula is C19H24BNO2. The summed E-state index contributed by atoms with van der Waals surface area (Å²) in [6.45, 7) is 3.05. The van der Waals surface area contributed by atoms with Crippen LogP contribution in [0, 0.1) is 0 Å². The lowest BCUT2D eigenvalue weighted by Crippen LogP contribution is -2.35. The highest BCUT2D eigenvalue weighted by molar-refractivity contribution is 6.32. The van der Waals surface area contributed by atoms with Crippen molar-refractivity contribution in [3.63, 3.8) is 0 Å². The molecule has 2 aromatic rings. The van der Waals surface area contributed by atoms with Crippen LogP contribution in [0.1, 0.15) is 30.5 Å². The van der Waals surface area contributed by atoms with Gasteiger partial charge in [0.15, 0.2) is 0 Å². The highest BCUT2D eigenvalue weighted by atomic mass is 16.5. The third-order valence-electron chi connectivity index (χ3n) is 4.12. The van der Waals surface area contributed by atoms with Crippen molar-refractivity contribution >= 4 is 13.3 Å². The van der Waals surface area contributed by atoms with Gasteiger partial charge >= 0.3 is 0 Å². The number of benzene rings is 2. The van der Waals surface area contributed by atoms with E-state index in [9.17, 15) is 5.11 Å². The Labute approximate surface area is 140 Å². The lowest BCUT2D eigenvalue weighted by atomic mass is 9.91. The van der Waals surface area contributed by atoms with Gasteiger partial charge in [-0.3, -0.25) is 0 Å². The number of rotatable bonds is 8. The van der Waals surface area contributed by atoms with Crippen LogP contribution in [0.3, 0.4) is 0 Å². The third kappa shape index (κ3) is 4.93. The zero-order valence-electron chi connectivity index (χ0n) is 13.8. The Balaban J connectivity index is 1.95. The second kappa shape index (κ2) is 8.30. The number of ether oxygens (including phenoxy) is 1. The molecule has 2 atom stereocenters. The molecule has 0 saturated heterocycles. The average molecular weight is 309 g/mol. The monoisotopic (exact) mass is 309 g/mol. The summed E-state index contributed by atoms with van der Waals surface area (Å²) in [4.78, 5) is 0. The SMILES string of the molecule is [B]c1ccc([C@H](C)NCCC(O)(COC)c2ccccc2)cc1. The first-order chi connectivity index (χ1) is 11.0. The zero-order chi connectivity index (χ0) is 16.7. The van der Waals surface area contributed by atoms with E-state index >= 15 is 0 Å². The van der Waals surface area contributed by atoms with E-state index in [1.54, 1.807) is 7.11 Å². The van der Waals surface area contributed by atoms with Crippen LogP contribution >= 0.6 is 0 Å². The molecule has 3 nitrogen and oxygen atoms in total. The Morgan fingerprint density at radius 2 is 1.78 bits per heavy atom. The minimum Gasteiger partial charge on any atom is -0.383 e. The molecule has 1 unspecified atom stereocenters. The second-order valence-corrected chi connectivity index (χ2v) is 5.92. The number of hydrogen-bond acceptors (Lipinski definition) is 3. The maximum atomic E-state index is 10.9. The smallest absolute Gasteiger partial charge is 0.114 e. The van der Waals surface area contributed by atoms with Gasteiger partial charge in [-0.1, -0.05) is 60.1 Å². The van der Waals surface area contributed by atoms with Gasteiger partial charge in [-0.15, -0.1) is 0 Å². The molecule has 0 aliphatic heterocycles. The lowest BCUT2D eigenvalue weighted by molar-refractivity contribution is -0.0419. The highest BCUT2D eigenvalue weighted by Gasteiger charge is 2.28. The van der Waals surface area contributed by atoms with E-state index in [1.165, 1.54) is 5.56 Å². The summed E-state index contributed by atoms with van der Waals surface area (Å²) in [6, 6.07) is 17.7. The predicted octanol–water partition coefficient (Wildman–Crippen LogP) is 2.06. The molecule has 0 aliphatic carbocycles. The van der Waals surface area contributed by atoms with Crippen LogP contribution in [0.25, 0.3) is 0 Å². The van der Waals surface area contributed by atoms with Gasteiger partial charge in [0.1, 0.15) is 13.4 Å². The minimum atomic E-state index is -0.982. The first kappa shape index (κ1) is 17.7. The molecule has 2 N–H and O–H groups in total. The van der Waals surface area contributed by atoms with Gasteiger partial charge < -0.3 is 15.2 Å². The molecule has 0 aliphatic rings. The molecule has 2 aromatic carbocycles. The molecule has 4 heteroatoms. The Kier molecular flexibility index (Phi) is 6.40. The molecule has 0 amide bonds. The number of aliphatic hydroxyl groups is 1. The van der Waals surface area contributed by atoms with Gasteiger partial charge in [0, 0.05) is 13.2 Å². The fourth-order valence-electron chi connectivity index (χ4n) is 2.69. The van der Waals surface area contributed by atoms with E-state index in [0.717, 1.165) is 11.0 Å². The van der Waals surface area contributed by atoms with Crippen molar-refractivity contribution < 1.29 is 9.84 Å². The Bertz CT molecular complexity index is 588. The maximum Gasteiger partial charge on any atom is 0.114 e. The van der Waals surface area contributed by atoms with E-state index in [2.05, 4.69) is 12.2 Å². The lowest BCUT2D eigenvalue weighted by Gasteiger charge is -2.29. The molecule has 0 heterocycles. The van der Waals surface area contributed by atoms with Crippen LogP contribution in [-0.2, 0) is 10.3 Å². The van der Waals surface area contributed by atoms with E-state index in [-0.39, 0.29) is 12.6 Å². The summed E-state index contributed by atoms with van der Waals surface area (Å²) in [5, 5.41) is 14.4. The van der Waals surface area contributed by atoms with Crippen molar-refractivity contribution in [2.75, 3.05) is 20.3 Å². The predicted molar refractivity (Wildman–Crippen MR) is 95.1 cm³/mol. The van der Waals surface area contributed by atoms with E-state index in [1.807, 2.05) is 54.6 Å². The van der Waals surface area contributed by atoms with Gasteiger partial charge in [-0.25, -0.2) is 0 Å². The van der Waals surface area contributed by atoms with Gasteiger partial charge in [-0.05, 0) is 31.0 Å². The van der Waals surface area contributed by atoms with Gasteiger partial charge in [0.2, 0.25) is 0 Å². The second-order valence-electron chi connectivity index (χ2n) is 5.92. The van der Waals surface area contributed by atoms with Crippen molar-refractivity contribution in [1.29, 1.82) is 0 Å². The van der Waals surface area contributed by atoms with Crippen LogP contribution in [-0.4, -0.2) is 33.2 Å². The summed E-state index contributed by atoms with van der Waals surface area (Å²) >= 11 is 0. The van der Waals surface area contributed by atoms with Crippen molar-refractivity contribution in [3.8, 4) is 0 Å². The van der Waals surface area contributed by atoms with Gasteiger partial charge in [0.05, 0.1) is 6.61 Å². The molecule has 2 radical (unpaired) electrons. The molecule has 0 aromatic heterocycles. The summed E-state index contributed by atoms with van der Waals surface area (Å²) in [7, 11) is 7.32. The van der Waals surface area contributed by atoms with E-state index in [4.69, 9.17) is 12.6 Å². The van der Waals surface area contributed by atoms with Gasteiger partial charge in [-0.2, -0.15) is 0 Å².